The van der Waals surface area contributed by atoms with E-state index in [-0.39, 0.29) is 22.0 Å². The molecular formula is C13H8ClFN2O3. The van der Waals surface area contributed by atoms with Crippen molar-refractivity contribution in [1.29, 1.82) is 0 Å². The van der Waals surface area contributed by atoms with Crippen LogP contribution < -0.4 is 5.32 Å². The van der Waals surface area contributed by atoms with Crippen LogP contribution in [0.15, 0.2) is 36.5 Å². The SMILES string of the molecule is O=C(O)c1cccnc1NC(=O)c1cccc(Cl)c1F. The van der Waals surface area contributed by atoms with Gasteiger partial charge in [0, 0.05) is 6.20 Å². The molecule has 1 aromatic carbocycles. The molecule has 1 heterocycles. The van der Waals surface area contributed by atoms with Gasteiger partial charge < -0.3 is 10.4 Å². The van der Waals surface area contributed by atoms with E-state index in [0.29, 0.717) is 0 Å². The minimum Gasteiger partial charge on any atom is -0.478 e. The van der Waals surface area contributed by atoms with Crippen molar-refractivity contribution in [2.24, 2.45) is 0 Å². The number of hydrogen-bond donors (Lipinski definition) is 2. The van der Waals surface area contributed by atoms with Crippen molar-refractivity contribution >= 4 is 29.3 Å². The number of carbonyl (C=O) groups excluding carboxylic acids is 1. The minimum atomic E-state index is -1.25. The highest BCUT2D eigenvalue weighted by Crippen LogP contribution is 2.19. The van der Waals surface area contributed by atoms with E-state index >= 15 is 0 Å². The first-order valence-electron chi connectivity index (χ1n) is 5.44. The molecule has 0 saturated heterocycles. The largest absolute Gasteiger partial charge is 0.478 e. The van der Waals surface area contributed by atoms with Crippen LogP contribution in [0.2, 0.25) is 5.02 Å². The lowest BCUT2D eigenvalue weighted by Gasteiger charge is -2.08. The molecule has 0 fully saturated rings. The van der Waals surface area contributed by atoms with Crippen LogP contribution in [0.25, 0.3) is 0 Å². The third kappa shape index (κ3) is 2.75. The monoisotopic (exact) mass is 294 g/mol. The van der Waals surface area contributed by atoms with Crippen LogP contribution in [0.5, 0.6) is 0 Å². The lowest BCUT2D eigenvalue weighted by atomic mass is 10.2. The Labute approximate surface area is 118 Å². The van der Waals surface area contributed by atoms with Crippen molar-refractivity contribution in [3.8, 4) is 0 Å². The molecule has 0 spiro atoms. The van der Waals surface area contributed by atoms with Crippen molar-refractivity contribution in [2.45, 2.75) is 0 Å². The van der Waals surface area contributed by atoms with Crippen LogP contribution in [0.3, 0.4) is 0 Å². The molecule has 2 N–H and O–H groups in total. The molecular weight excluding hydrogens is 287 g/mol. The number of carboxylic acids is 1. The van der Waals surface area contributed by atoms with Gasteiger partial charge in [-0.05, 0) is 24.3 Å². The Morgan fingerprint density at radius 2 is 1.90 bits per heavy atom. The van der Waals surface area contributed by atoms with Gasteiger partial charge in [-0.15, -0.1) is 0 Å². The van der Waals surface area contributed by atoms with Crippen LogP contribution in [-0.4, -0.2) is 22.0 Å². The molecule has 2 aromatic rings. The Morgan fingerprint density at radius 3 is 2.60 bits per heavy atom. The zero-order valence-electron chi connectivity index (χ0n) is 9.93. The van der Waals surface area contributed by atoms with Crippen molar-refractivity contribution in [3.63, 3.8) is 0 Å². The number of pyridine rings is 1. The zero-order valence-corrected chi connectivity index (χ0v) is 10.7. The number of carboxylic acid groups (broad SMARTS) is 1. The second-order valence-corrected chi connectivity index (χ2v) is 4.17. The van der Waals surface area contributed by atoms with Gasteiger partial charge in [-0.25, -0.2) is 14.2 Å². The number of rotatable bonds is 3. The molecule has 0 radical (unpaired) electrons. The maximum absolute atomic E-state index is 13.7. The summed E-state index contributed by atoms with van der Waals surface area (Å²) in [6.45, 7) is 0. The normalized spacial score (nSPS) is 10.1. The molecule has 1 aromatic heterocycles. The summed E-state index contributed by atoms with van der Waals surface area (Å²) >= 11 is 5.58. The highest BCUT2D eigenvalue weighted by molar-refractivity contribution is 6.31. The Morgan fingerprint density at radius 1 is 1.20 bits per heavy atom. The second-order valence-electron chi connectivity index (χ2n) is 3.76. The third-order valence-electron chi connectivity index (χ3n) is 2.47. The first-order chi connectivity index (χ1) is 9.50. The fourth-order valence-electron chi connectivity index (χ4n) is 1.53. The first kappa shape index (κ1) is 14.0. The number of amides is 1. The van der Waals surface area contributed by atoms with Crippen LogP contribution in [0, 0.1) is 5.82 Å². The molecule has 0 aliphatic carbocycles. The van der Waals surface area contributed by atoms with E-state index in [1.54, 1.807) is 0 Å². The molecule has 20 heavy (non-hydrogen) atoms. The van der Waals surface area contributed by atoms with Crippen molar-refractivity contribution in [2.75, 3.05) is 5.32 Å². The third-order valence-corrected chi connectivity index (χ3v) is 2.76. The van der Waals surface area contributed by atoms with Crippen LogP contribution in [-0.2, 0) is 0 Å². The van der Waals surface area contributed by atoms with Crippen LogP contribution in [0.4, 0.5) is 10.2 Å². The predicted octanol–water partition coefficient (Wildman–Crippen LogP) is 2.82. The molecule has 0 aliphatic rings. The average molecular weight is 295 g/mol. The smallest absolute Gasteiger partial charge is 0.339 e. The minimum absolute atomic E-state index is 0.163. The number of aromatic nitrogens is 1. The fourth-order valence-corrected chi connectivity index (χ4v) is 1.71. The topological polar surface area (TPSA) is 79.3 Å². The summed E-state index contributed by atoms with van der Waals surface area (Å²) in [4.78, 5) is 26.6. The van der Waals surface area contributed by atoms with E-state index in [4.69, 9.17) is 16.7 Å². The van der Waals surface area contributed by atoms with Gasteiger partial charge in [0.2, 0.25) is 0 Å². The predicted molar refractivity (Wildman–Crippen MR) is 70.6 cm³/mol. The molecule has 102 valence electrons. The number of benzene rings is 1. The van der Waals surface area contributed by atoms with Gasteiger partial charge >= 0.3 is 5.97 Å². The van der Waals surface area contributed by atoms with Gasteiger partial charge in [0.25, 0.3) is 5.91 Å². The highest BCUT2D eigenvalue weighted by Gasteiger charge is 2.18. The van der Waals surface area contributed by atoms with Gasteiger partial charge in [0.05, 0.1) is 10.6 Å². The van der Waals surface area contributed by atoms with E-state index < -0.39 is 17.7 Å². The number of anilines is 1. The summed E-state index contributed by atoms with van der Waals surface area (Å²) in [5.74, 6) is -3.12. The van der Waals surface area contributed by atoms with Crippen LogP contribution in [0.1, 0.15) is 20.7 Å². The van der Waals surface area contributed by atoms with E-state index in [1.165, 1.54) is 36.5 Å². The molecule has 0 aliphatic heterocycles. The van der Waals surface area contributed by atoms with E-state index in [1.807, 2.05) is 0 Å². The molecule has 2 rings (SSSR count). The summed E-state index contributed by atoms with van der Waals surface area (Å²) < 4.78 is 13.7. The van der Waals surface area contributed by atoms with Gasteiger partial charge in [-0.2, -0.15) is 0 Å². The molecule has 0 atom stereocenters. The number of carbonyl (C=O) groups is 2. The lowest BCUT2D eigenvalue weighted by Crippen LogP contribution is -2.17. The number of nitrogens with one attached hydrogen (secondary N) is 1. The van der Waals surface area contributed by atoms with Gasteiger partial charge in [-0.3, -0.25) is 4.79 Å². The Bertz CT molecular complexity index is 691. The maximum atomic E-state index is 13.7. The molecule has 1 amide bonds. The Hall–Kier alpha value is -2.47. The Balaban J connectivity index is 2.33. The summed E-state index contributed by atoms with van der Waals surface area (Å²) in [7, 11) is 0. The van der Waals surface area contributed by atoms with E-state index in [2.05, 4.69) is 10.3 Å². The van der Waals surface area contributed by atoms with Gasteiger partial charge in [-0.1, -0.05) is 17.7 Å². The molecule has 0 saturated carbocycles. The zero-order chi connectivity index (χ0) is 14.7. The highest BCUT2D eigenvalue weighted by atomic mass is 35.5. The van der Waals surface area contributed by atoms with E-state index in [9.17, 15) is 14.0 Å². The molecule has 0 bridgehead atoms. The molecule has 0 unspecified atom stereocenters. The average Bonchev–Trinajstić information content (AvgIpc) is 2.42. The lowest BCUT2D eigenvalue weighted by molar-refractivity contribution is 0.0697. The quantitative estimate of drug-likeness (QED) is 0.912. The first-order valence-corrected chi connectivity index (χ1v) is 5.82. The van der Waals surface area contributed by atoms with Crippen molar-refractivity contribution < 1.29 is 19.1 Å². The van der Waals surface area contributed by atoms with Gasteiger partial charge in [0.1, 0.15) is 11.4 Å². The number of halogens is 2. The Kier molecular flexibility index (Phi) is 3.95. The standard InChI is InChI=1S/C13H8ClFN2O3/c14-9-5-1-3-7(10(9)15)12(18)17-11-8(13(19)20)4-2-6-16-11/h1-6H,(H,19,20)(H,16,17,18). The molecule has 7 heteroatoms. The van der Waals surface area contributed by atoms with Crippen LogP contribution >= 0.6 is 11.6 Å². The number of aromatic carboxylic acids is 1. The summed E-state index contributed by atoms with van der Waals surface area (Å²) in [6, 6.07) is 6.65. The number of nitrogens with zero attached hydrogens (tertiary/aromatic N) is 1. The van der Waals surface area contributed by atoms with E-state index in [0.717, 1.165) is 0 Å². The summed E-state index contributed by atoms with van der Waals surface area (Å²) in [6.07, 6.45) is 1.32. The van der Waals surface area contributed by atoms with Crippen molar-refractivity contribution in [3.05, 3.63) is 58.5 Å². The summed E-state index contributed by atoms with van der Waals surface area (Å²) in [5, 5.41) is 11.0. The molecule has 5 nitrogen and oxygen atoms in total. The maximum Gasteiger partial charge on any atom is 0.339 e. The number of hydrogen-bond acceptors (Lipinski definition) is 3. The fraction of sp³-hybridized carbons (Fsp3) is 0. The second kappa shape index (κ2) is 5.66. The van der Waals surface area contributed by atoms with Gasteiger partial charge in [0.15, 0.2) is 5.82 Å². The van der Waals surface area contributed by atoms with Crippen molar-refractivity contribution in [1.82, 2.24) is 4.98 Å². The summed E-state index contributed by atoms with van der Waals surface area (Å²) in [5.41, 5.74) is -0.484.